The Morgan fingerprint density at radius 3 is 2.96 bits per heavy atom. The third-order valence-corrected chi connectivity index (χ3v) is 4.09. The predicted octanol–water partition coefficient (Wildman–Crippen LogP) is 2.95. The zero-order valence-corrected chi connectivity index (χ0v) is 14.0. The molecule has 1 aliphatic rings. The first-order chi connectivity index (χ1) is 11.2. The molecule has 0 bridgehead atoms. The summed E-state index contributed by atoms with van der Waals surface area (Å²) in [6.07, 6.45) is 5.16. The van der Waals surface area contributed by atoms with Crippen LogP contribution >= 0.6 is 0 Å². The maximum Gasteiger partial charge on any atom is 0.259 e. The average molecular weight is 316 g/mol. The summed E-state index contributed by atoms with van der Waals surface area (Å²) in [5, 5.41) is 4.03. The Hall–Kier alpha value is -1.95. The Morgan fingerprint density at radius 2 is 2.26 bits per heavy atom. The molecule has 6 nitrogen and oxygen atoms in total. The first-order valence-electron chi connectivity index (χ1n) is 8.22. The largest absolute Gasteiger partial charge is 0.380 e. The fourth-order valence-electron chi connectivity index (χ4n) is 2.86. The first kappa shape index (κ1) is 15.9. The van der Waals surface area contributed by atoms with Crippen LogP contribution in [0.3, 0.4) is 0 Å². The molecule has 1 aliphatic heterocycles. The predicted molar refractivity (Wildman–Crippen MR) is 88.3 cm³/mol. The van der Waals surface area contributed by atoms with Crippen LogP contribution in [-0.4, -0.2) is 41.4 Å². The summed E-state index contributed by atoms with van der Waals surface area (Å²) in [5.74, 6) is 2.76. The lowest BCUT2D eigenvalue weighted by molar-refractivity contribution is 0.0891. The van der Waals surface area contributed by atoms with Gasteiger partial charge in [-0.2, -0.15) is 4.98 Å². The van der Waals surface area contributed by atoms with Crippen LogP contribution in [0.25, 0.3) is 11.5 Å². The number of hydrogen-bond acceptors (Lipinski definition) is 6. The lowest BCUT2D eigenvalue weighted by atomic mass is 10.1. The smallest absolute Gasteiger partial charge is 0.259 e. The monoisotopic (exact) mass is 316 g/mol. The minimum Gasteiger partial charge on any atom is -0.380 e. The molecule has 0 aromatic carbocycles. The van der Waals surface area contributed by atoms with E-state index in [0.29, 0.717) is 17.9 Å². The molecule has 0 saturated carbocycles. The van der Waals surface area contributed by atoms with Crippen molar-refractivity contribution in [2.45, 2.75) is 39.2 Å². The van der Waals surface area contributed by atoms with Crippen molar-refractivity contribution >= 4 is 5.82 Å². The molecule has 0 radical (unpaired) electrons. The Balaban J connectivity index is 1.70. The second kappa shape index (κ2) is 7.08. The number of aromatic nitrogens is 3. The van der Waals surface area contributed by atoms with Crippen molar-refractivity contribution in [3.8, 4) is 11.5 Å². The highest BCUT2D eigenvalue weighted by Gasteiger charge is 2.20. The van der Waals surface area contributed by atoms with Crippen molar-refractivity contribution in [3.05, 3.63) is 24.2 Å². The second-order valence-electron chi connectivity index (χ2n) is 6.46. The summed E-state index contributed by atoms with van der Waals surface area (Å²) < 4.78 is 10.8. The molecule has 1 fully saturated rings. The van der Waals surface area contributed by atoms with Crippen LogP contribution in [0.1, 0.15) is 32.5 Å². The molecule has 1 saturated heterocycles. The summed E-state index contributed by atoms with van der Waals surface area (Å²) in [6.45, 7) is 6.18. The van der Waals surface area contributed by atoms with Gasteiger partial charge in [0.15, 0.2) is 5.82 Å². The van der Waals surface area contributed by atoms with E-state index in [1.807, 2.05) is 12.1 Å². The van der Waals surface area contributed by atoms with Gasteiger partial charge in [-0.3, -0.25) is 0 Å². The van der Waals surface area contributed by atoms with E-state index in [1.165, 1.54) is 0 Å². The van der Waals surface area contributed by atoms with Crippen LogP contribution in [0.2, 0.25) is 0 Å². The maximum atomic E-state index is 5.47. The molecule has 2 aromatic rings. The molecule has 0 aliphatic carbocycles. The van der Waals surface area contributed by atoms with Crippen molar-refractivity contribution < 1.29 is 9.26 Å². The zero-order chi connectivity index (χ0) is 16.2. The molecule has 1 unspecified atom stereocenters. The number of methoxy groups -OCH3 is 1. The van der Waals surface area contributed by atoms with Gasteiger partial charge in [-0.25, -0.2) is 4.98 Å². The molecular formula is C17H24N4O2. The van der Waals surface area contributed by atoms with E-state index in [9.17, 15) is 0 Å². The van der Waals surface area contributed by atoms with Crippen LogP contribution in [-0.2, 0) is 11.2 Å². The van der Waals surface area contributed by atoms with E-state index in [-0.39, 0.29) is 0 Å². The van der Waals surface area contributed by atoms with E-state index in [2.05, 4.69) is 33.9 Å². The van der Waals surface area contributed by atoms with Gasteiger partial charge in [-0.1, -0.05) is 19.0 Å². The molecule has 0 spiro atoms. The van der Waals surface area contributed by atoms with Crippen molar-refractivity contribution in [1.82, 2.24) is 15.1 Å². The van der Waals surface area contributed by atoms with Crippen molar-refractivity contribution in [3.63, 3.8) is 0 Å². The Labute approximate surface area is 136 Å². The SMILES string of the molecule is COC1CCCN(c2ccc(-c3nc(CC(C)C)no3)cn2)C1. The highest BCUT2D eigenvalue weighted by molar-refractivity contribution is 5.54. The van der Waals surface area contributed by atoms with Crippen LogP contribution in [0.5, 0.6) is 0 Å². The van der Waals surface area contributed by atoms with Gasteiger partial charge in [0, 0.05) is 32.8 Å². The topological polar surface area (TPSA) is 64.3 Å². The van der Waals surface area contributed by atoms with E-state index >= 15 is 0 Å². The molecule has 2 aromatic heterocycles. The van der Waals surface area contributed by atoms with Gasteiger partial charge < -0.3 is 14.2 Å². The number of hydrogen-bond donors (Lipinski definition) is 0. The summed E-state index contributed by atoms with van der Waals surface area (Å²) in [4.78, 5) is 11.3. The standard InChI is InChI=1S/C17H24N4O2/c1-12(2)9-15-19-17(23-20-15)13-6-7-16(18-10-13)21-8-4-5-14(11-21)22-3/h6-7,10,12,14H,4-5,8-9,11H2,1-3H3. The highest BCUT2D eigenvalue weighted by atomic mass is 16.5. The zero-order valence-electron chi connectivity index (χ0n) is 14.0. The molecule has 0 amide bonds. The molecule has 3 heterocycles. The van der Waals surface area contributed by atoms with E-state index in [1.54, 1.807) is 13.3 Å². The minimum atomic E-state index is 0.291. The molecule has 23 heavy (non-hydrogen) atoms. The van der Waals surface area contributed by atoms with Gasteiger partial charge >= 0.3 is 0 Å². The van der Waals surface area contributed by atoms with Gasteiger partial charge in [0.2, 0.25) is 0 Å². The third kappa shape index (κ3) is 3.88. The Morgan fingerprint density at radius 1 is 1.39 bits per heavy atom. The van der Waals surface area contributed by atoms with Gasteiger partial charge in [0.25, 0.3) is 5.89 Å². The summed E-state index contributed by atoms with van der Waals surface area (Å²) in [7, 11) is 1.77. The quantitative estimate of drug-likeness (QED) is 0.845. The highest BCUT2D eigenvalue weighted by Crippen LogP contribution is 2.23. The lowest BCUT2D eigenvalue weighted by Gasteiger charge is -2.32. The molecule has 1 atom stereocenters. The summed E-state index contributed by atoms with van der Waals surface area (Å²) in [6, 6.07) is 4.01. The molecule has 0 N–H and O–H groups in total. The second-order valence-corrected chi connectivity index (χ2v) is 6.46. The van der Waals surface area contributed by atoms with Crippen LogP contribution in [0.4, 0.5) is 5.82 Å². The third-order valence-electron chi connectivity index (χ3n) is 4.09. The van der Waals surface area contributed by atoms with Gasteiger partial charge in [0.05, 0.1) is 11.7 Å². The van der Waals surface area contributed by atoms with E-state index < -0.39 is 0 Å². The van der Waals surface area contributed by atoms with Crippen molar-refractivity contribution in [2.75, 3.05) is 25.1 Å². The fourth-order valence-corrected chi connectivity index (χ4v) is 2.86. The average Bonchev–Trinajstić information content (AvgIpc) is 3.03. The van der Waals surface area contributed by atoms with Crippen LogP contribution in [0, 0.1) is 5.92 Å². The van der Waals surface area contributed by atoms with Gasteiger partial charge in [0.1, 0.15) is 5.82 Å². The number of anilines is 1. The van der Waals surface area contributed by atoms with Gasteiger partial charge in [-0.15, -0.1) is 0 Å². The fraction of sp³-hybridized carbons (Fsp3) is 0.588. The molecular weight excluding hydrogens is 292 g/mol. The normalized spacial score (nSPS) is 18.6. The lowest BCUT2D eigenvalue weighted by Crippen LogP contribution is -2.39. The minimum absolute atomic E-state index is 0.291. The van der Waals surface area contributed by atoms with Crippen LogP contribution in [0.15, 0.2) is 22.9 Å². The number of pyridine rings is 1. The van der Waals surface area contributed by atoms with Gasteiger partial charge in [-0.05, 0) is 30.9 Å². The van der Waals surface area contributed by atoms with Crippen molar-refractivity contribution in [2.24, 2.45) is 5.92 Å². The van der Waals surface area contributed by atoms with E-state index in [4.69, 9.17) is 9.26 Å². The number of ether oxygens (including phenoxy) is 1. The number of piperidine rings is 1. The maximum absolute atomic E-state index is 5.47. The number of rotatable bonds is 5. The Kier molecular flexibility index (Phi) is 4.91. The molecule has 124 valence electrons. The van der Waals surface area contributed by atoms with Crippen molar-refractivity contribution in [1.29, 1.82) is 0 Å². The van der Waals surface area contributed by atoms with E-state index in [0.717, 1.165) is 49.6 Å². The number of nitrogens with zero attached hydrogens (tertiary/aromatic N) is 4. The van der Waals surface area contributed by atoms with Crippen LogP contribution < -0.4 is 4.90 Å². The Bertz CT molecular complexity index is 624. The molecule has 6 heteroatoms. The summed E-state index contributed by atoms with van der Waals surface area (Å²) >= 11 is 0. The molecule has 3 rings (SSSR count). The summed E-state index contributed by atoms with van der Waals surface area (Å²) in [5.41, 5.74) is 0.858. The first-order valence-corrected chi connectivity index (χ1v) is 8.22.